The topological polar surface area (TPSA) is 47.8 Å². The average molecular weight is 295 g/mol. The molecule has 0 aliphatic rings. The Kier molecular flexibility index (Phi) is 3.75. The van der Waals surface area contributed by atoms with E-state index in [1.54, 1.807) is 53.8 Å². The lowest BCUT2D eigenvalue weighted by Crippen LogP contribution is -1.91. The smallest absolute Gasteiger partial charge is 0.189 e. The molecule has 21 heavy (non-hydrogen) atoms. The summed E-state index contributed by atoms with van der Waals surface area (Å²) in [6, 6.07) is 9.99. The van der Waals surface area contributed by atoms with Gasteiger partial charge in [-0.25, -0.2) is 4.98 Å². The van der Waals surface area contributed by atoms with Gasteiger partial charge in [0.25, 0.3) is 0 Å². The van der Waals surface area contributed by atoms with E-state index in [4.69, 9.17) is 0 Å². The predicted octanol–water partition coefficient (Wildman–Crippen LogP) is 3.44. The number of benzene rings is 1. The van der Waals surface area contributed by atoms with E-state index in [9.17, 15) is 4.79 Å². The van der Waals surface area contributed by atoms with Crippen LogP contribution in [0.25, 0.3) is 16.6 Å². The molecule has 0 aliphatic heterocycles. The van der Waals surface area contributed by atoms with Crippen LogP contribution in [0.1, 0.15) is 15.2 Å². The van der Waals surface area contributed by atoms with E-state index >= 15 is 0 Å². The predicted molar refractivity (Wildman–Crippen MR) is 84.1 cm³/mol. The molecule has 3 rings (SSSR count). The molecule has 0 radical (unpaired) electrons. The summed E-state index contributed by atoms with van der Waals surface area (Å²) in [4.78, 5) is 17.3. The maximum atomic E-state index is 12.0. The minimum Gasteiger partial charge on any atom is -0.289 e. The highest BCUT2D eigenvalue weighted by Gasteiger charge is 2.05. The highest BCUT2D eigenvalue weighted by molar-refractivity contribution is 7.15. The first-order chi connectivity index (χ1) is 10.2. The summed E-state index contributed by atoms with van der Waals surface area (Å²) < 4.78 is 1.61. The quantitative estimate of drug-likeness (QED) is 0.547. The number of hydrogen-bond donors (Lipinski definition) is 0. The van der Waals surface area contributed by atoms with Crippen LogP contribution in [0.2, 0.25) is 0 Å². The Morgan fingerprint density at radius 2 is 2.05 bits per heavy atom. The number of ketones is 1. The Labute approximate surface area is 126 Å². The van der Waals surface area contributed by atoms with E-state index < -0.39 is 0 Å². The van der Waals surface area contributed by atoms with Crippen molar-refractivity contribution in [2.75, 3.05) is 0 Å². The molecule has 0 atom stereocenters. The molecule has 3 aromatic rings. The number of aryl methyl sites for hydroxylation is 1. The third-order valence-electron chi connectivity index (χ3n) is 2.93. The number of aromatic nitrogens is 3. The first kappa shape index (κ1) is 13.5. The summed E-state index contributed by atoms with van der Waals surface area (Å²) in [7, 11) is 1.79. The van der Waals surface area contributed by atoms with Crippen molar-refractivity contribution in [2.24, 2.45) is 7.05 Å². The number of rotatable bonds is 4. The molecule has 2 heterocycles. The summed E-state index contributed by atoms with van der Waals surface area (Å²) in [6.07, 6.45) is 8.39. The number of nitrogens with zero attached hydrogens (tertiary/aromatic N) is 3. The van der Waals surface area contributed by atoms with Gasteiger partial charge in [0.05, 0.1) is 11.8 Å². The second-order valence-corrected chi connectivity index (χ2v) is 5.60. The van der Waals surface area contributed by atoms with Crippen LogP contribution in [-0.4, -0.2) is 20.5 Å². The molecule has 0 saturated carbocycles. The lowest BCUT2D eigenvalue weighted by Gasteiger charge is -1.92. The van der Waals surface area contributed by atoms with E-state index in [0.717, 1.165) is 15.4 Å². The zero-order chi connectivity index (χ0) is 14.7. The molecule has 0 spiro atoms. The number of carbonyl (C=O) groups is 1. The van der Waals surface area contributed by atoms with Crippen LogP contribution in [0.5, 0.6) is 0 Å². The van der Waals surface area contributed by atoms with E-state index in [1.807, 2.05) is 30.3 Å². The maximum absolute atomic E-state index is 12.0. The van der Waals surface area contributed by atoms with Gasteiger partial charge >= 0.3 is 0 Å². The third-order valence-corrected chi connectivity index (χ3v) is 3.94. The van der Waals surface area contributed by atoms with Crippen LogP contribution in [-0.2, 0) is 7.05 Å². The lowest BCUT2D eigenvalue weighted by molar-refractivity contribution is 0.104. The van der Waals surface area contributed by atoms with Gasteiger partial charge in [0.15, 0.2) is 5.78 Å². The van der Waals surface area contributed by atoms with Crippen molar-refractivity contribution in [1.82, 2.24) is 14.8 Å². The van der Waals surface area contributed by atoms with E-state index in [1.165, 1.54) is 0 Å². The summed E-state index contributed by atoms with van der Waals surface area (Å²) in [6.45, 7) is 0. The van der Waals surface area contributed by atoms with Gasteiger partial charge in [-0.3, -0.25) is 9.48 Å². The van der Waals surface area contributed by atoms with Crippen LogP contribution in [0.3, 0.4) is 0 Å². The van der Waals surface area contributed by atoms with Gasteiger partial charge in [0.1, 0.15) is 5.01 Å². The summed E-state index contributed by atoms with van der Waals surface area (Å²) in [5, 5.41) is 4.94. The number of hydrogen-bond acceptors (Lipinski definition) is 4. The van der Waals surface area contributed by atoms with Crippen LogP contribution < -0.4 is 0 Å². The van der Waals surface area contributed by atoms with Gasteiger partial charge in [-0.1, -0.05) is 30.3 Å². The second-order valence-electron chi connectivity index (χ2n) is 4.53. The molecule has 104 valence electrons. The molecular formula is C16H13N3OS. The zero-order valence-corrected chi connectivity index (χ0v) is 12.2. The SMILES string of the molecule is Cn1cc(C(=O)C=Cc2cnc(-c3ccccc3)s2)cn1. The Bertz CT molecular complexity index is 787. The molecule has 0 fully saturated rings. The largest absolute Gasteiger partial charge is 0.289 e. The fourth-order valence-electron chi connectivity index (χ4n) is 1.88. The summed E-state index contributed by atoms with van der Waals surface area (Å²) in [5.41, 5.74) is 1.67. The molecule has 0 unspecified atom stereocenters. The minimum atomic E-state index is -0.0576. The van der Waals surface area contributed by atoms with Gasteiger partial charge < -0.3 is 0 Å². The van der Waals surface area contributed by atoms with Crippen molar-refractivity contribution in [2.45, 2.75) is 0 Å². The van der Waals surface area contributed by atoms with Gasteiger partial charge in [0, 0.05) is 29.9 Å². The minimum absolute atomic E-state index is 0.0576. The third kappa shape index (κ3) is 3.14. The molecular weight excluding hydrogens is 282 g/mol. The molecule has 0 amide bonds. The monoisotopic (exact) mass is 295 g/mol. The first-order valence-electron chi connectivity index (χ1n) is 6.45. The Hall–Kier alpha value is -2.53. The molecule has 2 aromatic heterocycles. The van der Waals surface area contributed by atoms with Crippen molar-refractivity contribution in [3.05, 3.63) is 65.4 Å². The van der Waals surface area contributed by atoms with Crippen LogP contribution in [0, 0.1) is 0 Å². The van der Waals surface area contributed by atoms with Gasteiger partial charge in [-0.15, -0.1) is 11.3 Å². The molecule has 1 aromatic carbocycles. The number of allylic oxidation sites excluding steroid dienone is 1. The highest BCUT2D eigenvalue weighted by atomic mass is 32.1. The maximum Gasteiger partial charge on any atom is 0.189 e. The fourth-order valence-corrected chi connectivity index (χ4v) is 2.70. The highest BCUT2D eigenvalue weighted by Crippen LogP contribution is 2.25. The van der Waals surface area contributed by atoms with Crippen LogP contribution >= 0.6 is 11.3 Å². The summed E-state index contributed by atoms with van der Waals surface area (Å²) in [5.74, 6) is -0.0576. The number of thiazole rings is 1. The standard InChI is InChI=1S/C16H13N3OS/c1-19-11-13(9-18-19)15(20)8-7-14-10-17-16(21-14)12-5-3-2-4-6-12/h2-11H,1H3. The second kappa shape index (κ2) is 5.85. The first-order valence-corrected chi connectivity index (χ1v) is 7.26. The molecule has 5 heteroatoms. The van der Waals surface area contributed by atoms with Crippen molar-refractivity contribution >= 4 is 23.2 Å². The van der Waals surface area contributed by atoms with Gasteiger partial charge in [-0.2, -0.15) is 5.10 Å². The molecule has 0 saturated heterocycles. The normalized spacial score (nSPS) is 11.1. The summed E-state index contributed by atoms with van der Waals surface area (Å²) >= 11 is 1.56. The average Bonchev–Trinajstić information content (AvgIpc) is 3.15. The van der Waals surface area contributed by atoms with Crippen molar-refractivity contribution < 1.29 is 4.79 Å². The van der Waals surface area contributed by atoms with E-state index in [-0.39, 0.29) is 5.78 Å². The van der Waals surface area contributed by atoms with Crippen molar-refractivity contribution in [1.29, 1.82) is 0 Å². The zero-order valence-electron chi connectivity index (χ0n) is 11.4. The lowest BCUT2D eigenvalue weighted by atomic mass is 10.2. The van der Waals surface area contributed by atoms with Crippen LogP contribution in [0.4, 0.5) is 0 Å². The Balaban J connectivity index is 1.75. The Morgan fingerprint density at radius 1 is 1.24 bits per heavy atom. The van der Waals surface area contributed by atoms with Gasteiger partial charge in [-0.05, 0) is 12.2 Å². The molecule has 0 N–H and O–H groups in total. The van der Waals surface area contributed by atoms with Crippen LogP contribution in [0.15, 0.2) is 55.0 Å². The molecule has 0 bridgehead atoms. The van der Waals surface area contributed by atoms with Gasteiger partial charge in [0.2, 0.25) is 0 Å². The fraction of sp³-hybridized carbons (Fsp3) is 0.0625. The molecule has 0 aliphatic carbocycles. The van der Waals surface area contributed by atoms with Crippen molar-refractivity contribution in [3.63, 3.8) is 0 Å². The Morgan fingerprint density at radius 3 is 2.76 bits per heavy atom. The molecule has 4 nitrogen and oxygen atoms in total. The van der Waals surface area contributed by atoms with E-state index in [0.29, 0.717) is 5.56 Å². The van der Waals surface area contributed by atoms with E-state index in [2.05, 4.69) is 10.1 Å². The number of carbonyl (C=O) groups excluding carboxylic acids is 1. The van der Waals surface area contributed by atoms with Crippen molar-refractivity contribution in [3.8, 4) is 10.6 Å².